The van der Waals surface area contributed by atoms with Gasteiger partial charge >= 0.3 is 0 Å². The molecule has 3 heterocycles. The highest BCUT2D eigenvalue weighted by molar-refractivity contribution is 5.42. The molecule has 1 heteroatoms. The van der Waals surface area contributed by atoms with Gasteiger partial charge in [-0.2, -0.15) is 0 Å². The molecule has 1 aromatic carbocycles. The third-order valence-electron chi connectivity index (χ3n) is 7.32. The first kappa shape index (κ1) is 15.4. The van der Waals surface area contributed by atoms with Gasteiger partial charge in [-0.1, -0.05) is 72.4 Å². The van der Waals surface area contributed by atoms with Crippen molar-refractivity contribution in [2.75, 3.05) is 19.6 Å². The maximum Gasteiger partial charge on any atom is 0.104 e. The van der Waals surface area contributed by atoms with Gasteiger partial charge in [-0.05, 0) is 12.0 Å². The van der Waals surface area contributed by atoms with Crippen LogP contribution in [0.4, 0.5) is 0 Å². The van der Waals surface area contributed by atoms with E-state index >= 15 is 0 Å². The van der Waals surface area contributed by atoms with Gasteiger partial charge < -0.3 is 4.48 Å². The number of rotatable bonds is 3. The number of hydrogen-bond donors (Lipinski definition) is 0. The van der Waals surface area contributed by atoms with Gasteiger partial charge in [0, 0.05) is 36.2 Å². The summed E-state index contributed by atoms with van der Waals surface area (Å²) >= 11 is 0. The lowest BCUT2D eigenvalue weighted by atomic mass is 9.62. The van der Waals surface area contributed by atoms with E-state index in [1.165, 1.54) is 67.5 Å². The quantitative estimate of drug-likeness (QED) is 0.669. The van der Waals surface area contributed by atoms with Gasteiger partial charge in [-0.3, -0.25) is 0 Å². The van der Waals surface area contributed by atoms with Crippen LogP contribution < -0.4 is 0 Å². The van der Waals surface area contributed by atoms with Crippen LogP contribution in [0.15, 0.2) is 77.9 Å². The molecule has 1 aromatic rings. The molecule has 1 nitrogen and oxygen atoms in total. The average Bonchev–Trinajstić information content (AvgIpc) is 2.70. The van der Waals surface area contributed by atoms with Crippen LogP contribution in [-0.2, 0) is 6.54 Å². The van der Waals surface area contributed by atoms with Gasteiger partial charge in [-0.25, -0.2) is 0 Å². The van der Waals surface area contributed by atoms with Crippen molar-refractivity contribution in [2.45, 2.75) is 32.2 Å². The normalized spacial score (nSPS) is 35.9. The lowest BCUT2D eigenvalue weighted by molar-refractivity contribution is -0.957. The van der Waals surface area contributed by atoms with Crippen molar-refractivity contribution in [2.24, 2.45) is 11.3 Å². The highest BCUT2D eigenvalue weighted by Gasteiger charge is 2.50. The first-order chi connectivity index (χ1) is 12.3. The Bertz CT molecular complexity index is 753. The van der Waals surface area contributed by atoms with Crippen molar-refractivity contribution in [3.05, 3.63) is 83.5 Å². The second-order valence-corrected chi connectivity index (χ2v) is 8.60. The second-order valence-electron chi connectivity index (χ2n) is 8.60. The van der Waals surface area contributed by atoms with Crippen LogP contribution in [0.2, 0.25) is 0 Å². The van der Waals surface area contributed by atoms with Crippen LogP contribution in [0, 0.1) is 11.3 Å². The number of benzene rings is 1. The summed E-state index contributed by atoms with van der Waals surface area (Å²) in [5.41, 5.74) is 5.27. The zero-order chi connectivity index (χ0) is 16.7. The number of nitrogens with zero attached hydrogens (tertiary/aromatic N) is 1. The van der Waals surface area contributed by atoms with Crippen LogP contribution in [0.1, 0.15) is 31.2 Å². The van der Waals surface area contributed by atoms with Crippen molar-refractivity contribution >= 4 is 0 Å². The van der Waals surface area contributed by atoms with E-state index in [2.05, 4.69) is 66.8 Å². The number of quaternary nitrogens is 1. The van der Waals surface area contributed by atoms with Gasteiger partial charge in [0.25, 0.3) is 0 Å². The molecule has 1 unspecified atom stereocenters. The molecule has 2 bridgehead atoms. The van der Waals surface area contributed by atoms with E-state index in [-0.39, 0.29) is 0 Å². The smallest absolute Gasteiger partial charge is 0.104 e. The van der Waals surface area contributed by atoms with Crippen molar-refractivity contribution < 1.29 is 4.48 Å². The summed E-state index contributed by atoms with van der Waals surface area (Å²) in [7, 11) is 0. The van der Waals surface area contributed by atoms with Gasteiger partial charge in [0.1, 0.15) is 6.54 Å². The number of hydrogen-bond acceptors (Lipinski definition) is 0. The summed E-state index contributed by atoms with van der Waals surface area (Å²) in [6.45, 7) is 5.33. The molecule has 0 saturated carbocycles. The van der Waals surface area contributed by atoms with Gasteiger partial charge in [-0.15, -0.1) is 0 Å². The molecule has 25 heavy (non-hydrogen) atoms. The minimum Gasteiger partial charge on any atom is -0.320 e. The highest BCUT2D eigenvalue weighted by atomic mass is 15.4. The molecular weight excluding hydrogens is 302 g/mol. The fourth-order valence-corrected chi connectivity index (χ4v) is 5.61. The monoisotopic (exact) mass is 330 g/mol. The van der Waals surface area contributed by atoms with Crippen LogP contribution in [0.3, 0.4) is 0 Å². The average molecular weight is 330 g/mol. The summed E-state index contributed by atoms with van der Waals surface area (Å²) in [6, 6.07) is 11.1. The molecule has 5 aliphatic rings. The largest absolute Gasteiger partial charge is 0.320 e. The standard InChI is InChI=1S/C24H28N/c1-2-6-20(7-3-1)19-25-15-12-24(13-16-25,14-17-25)23-11-10-21-8-4-5-9-22(21)18-23/h1-11,22H,12-19H2/q+1. The van der Waals surface area contributed by atoms with Crippen LogP contribution in [0.5, 0.6) is 0 Å². The molecular formula is C24H28N+. The molecule has 1 atom stereocenters. The molecule has 3 saturated heterocycles. The first-order valence-corrected chi connectivity index (χ1v) is 9.92. The Hall–Kier alpha value is -1.86. The Labute approximate surface area is 151 Å². The zero-order valence-electron chi connectivity index (χ0n) is 15.0. The predicted octanol–water partition coefficient (Wildman–Crippen LogP) is 5.19. The van der Waals surface area contributed by atoms with Crippen LogP contribution in [0.25, 0.3) is 0 Å². The molecule has 0 N–H and O–H groups in total. The summed E-state index contributed by atoms with van der Waals surface area (Å²) in [6.07, 6.45) is 19.4. The zero-order valence-corrected chi connectivity index (χ0v) is 15.0. The van der Waals surface area contributed by atoms with Crippen molar-refractivity contribution in [3.8, 4) is 0 Å². The summed E-state index contributed by atoms with van der Waals surface area (Å²) in [4.78, 5) is 0. The molecule has 0 spiro atoms. The molecule has 2 aliphatic carbocycles. The fraction of sp³-hybridized carbons (Fsp3) is 0.417. The summed E-state index contributed by atoms with van der Waals surface area (Å²) < 4.78 is 1.33. The molecule has 3 aliphatic heterocycles. The molecule has 0 amide bonds. The second kappa shape index (κ2) is 5.85. The Morgan fingerprint density at radius 2 is 1.68 bits per heavy atom. The summed E-state index contributed by atoms with van der Waals surface area (Å²) in [5.74, 6) is 0.631. The van der Waals surface area contributed by atoms with E-state index in [1.54, 1.807) is 5.57 Å². The third kappa shape index (κ3) is 2.66. The van der Waals surface area contributed by atoms with Crippen LogP contribution in [-0.4, -0.2) is 24.1 Å². The molecule has 6 rings (SSSR count). The molecule has 0 radical (unpaired) electrons. The third-order valence-corrected chi connectivity index (χ3v) is 7.32. The fourth-order valence-electron chi connectivity index (χ4n) is 5.61. The lowest BCUT2D eigenvalue weighted by Gasteiger charge is -2.56. The first-order valence-electron chi connectivity index (χ1n) is 9.92. The van der Waals surface area contributed by atoms with E-state index in [4.69, 9.17) is 0 Å². The molecule has 0 aromatic heterocycles. The van der Waals surface area contributed by atoms with Crippen molar-refractivity contribution in [3.63, 3.8) is 0 Å². The Morgan fingerprint density at radius 1 is 0.920 bits per heavy atom. The van der Waals surface area contributed by atoms with Crippen molar-refractivity contribution in [1.82, 2.24) is 0 Å². The topological polar surface area (TPSA) is 0 Å². The van der Waals surface area contributed by atoms with Crippen LogP contribution >= 0.6 is 0 Å². The van der Waals surface area contributed by atoms with Gasteiger partial charge in [0.15, 0.2) is 0 Å². The highest BCUT2D eigenvalue weighted by Crippen LogP contribution is 2.52. The minimum absolute atomic E-state index is 0.508. The predicted molar refractivity (Wildman–Crippen MR) is 104 cm³/mol. The van der Waals surface area contributed by atoms with Crippen molar-refractivity contribution in [1.29, 1.82) is 0 Å². The van der Waals surface area contributed by atoms with E-state index in [1.807, 2.05) is 0 Å². The van der Waals surface area contributed by atoms with E-state index in [0.29, 0.717) is 11.3 Å². The van der Waals surface area contributed by atoms with E-state index < -0.39 is 0 Å². The number of piperidine rings is 3. The van der Waals surface area contributed by atoms with E-state index in [0.717, 1.165) is 0 Å². The minimum atomic E-state index is 0.508. The Kier molecular flexibility index (Phi) is 3.60. The molecule has 128 valence electrons. The Balaban J connectivity index is 1.34. The maximum absolute atomic E-state index is 2.48. The van der Waals surface area contributed by atoms with Gasteiger partial charge in [0.05, 0.1) is 19.6 Å². The summed E-state index contributed by atoms with van der Waals surface area (Å²) in [5, 5.41) is 0. The SMILES string of the molecule is C1=CC2=CC=C(C34CC[N+](Cc5ccccc5)(CC3)CC4)CC2C=C1. The Morgan fingerprint density at radius 3 is 2.44 bits per heavy atom. The lowest BCUT2D eigenvalue weighted by Crippen LogP contribution is -2.61. The maximum atomic E-state index is 2.48. The molecule has 3 fully saturated rings. The van der Waals surface area contributed by atoms with Gasteiger partial charge in [0.2, 0.25) is 0 Å². The number of fused-ring (bicyclic) bond motifs is 4. The number of allylic oxidation sites excluding steroid dienone is 8. The van der Waals surface area contributed by atoms with E-state index in [9.17, 15) is 0 Å².